The number of carbonyl (C=O) groups excluding carboxylic acids is 1. The van der Waals surface area contributed by atoms with E-state index in [0.717, 1.165) is 30.8 Å². The van der Waals surface area contributed by atoms with E-state index < -0.39 is 46.2 Å². The minimum atomic E-state index is -5.09. The average molecular weight is 691 g/mol. The number of benzene rings is 2. The Kier molecular flexibility index (Phi) is 11.3. The number of anilines is 1. The van der Waals surface area contributed by atoms with Crippen LogP contribution in [-0.2, 0) is 29.1 Å². The fraction of sp³-hybridized carbons (Fsp3) is 0.438. The molecule has 250 valence electrons. The van der Waals surface area contributed by atoms with Crippen LogP contribution in [0.1, 0.15) is 59.4 Å². The van der Waals surface area contributed by atoms with Gasteiger partial charge in [0, 0.05) is 18.5 Å². The Hall–Kier alpha value is -3.18. The molecule has 1 fully saturated rings. The number of piperidine rings is 1. The number of hydrogen-bond acceptors (Lipinski definition) is 5. The highest BCUT2D eigenvalue weighted by Gasteiger charge is 2.42. The highest BCUT2D eigenvalue weighted by atomic mass is 35.5. The number of nitrogens with two attached hydrogens (primary N) is 1. The number of likely N-dealkylation sites (N-methyl/N-ethyl adjacent to an activating group) is 1. The van der Waals surface area contributed by atoms with Gasteiger partial charge in [0.15, 0.2) is 0 Å². The van der Waals surface area contributed by atoms with E-state index in [9.17, 15) is 40.8 Å². The summed E-state index contributed by atoms with van der Waals surface area (Å²) in [4.78, 5) is 18.5. The van der Waals surface area contributed by atoms with E-state index in [4.69, 9.17) is 5.73 Å². The molecule has 0 atom stereocenters. The third-order valence-corrected chi connectivity index (χ3v) is 9.59. The number of carbonyl (C=O) groups is 1. The van der Waals surface area contributed by atoms with Crippen LogP contribution in [0.2, 0.25) is 0 Å². The fourth-order valence-corrected chi connectivity index (χ4v) is 7.04. The van der Waals surface area contributed by atoms with Gasteiger partial charge in [0.1, 0.15) is 11.9 Å². The summed E-state index contributed by atoms with van der Waals surface area (Å²) in [6, 6.07) is 7.33. The first-order valence-electron chi connectivity index (χ1n) is 14.2. The van der Waals surface area contributed by atoms with Crippen molar-refractivity contribution in [3.63, 3.8) is 0 Å². The van der Waals surface area contributed by atoms with Crippen LogP contribution in [0.5, 0.6) is 0 Å². The average Bonchev–Trinajstić information content (AvgIpc) is 3.33. The van der Waals surface area contributed by atoms with Gasteiger partial charge in [-0.3, -0.25) is 9.69 Å². The molecular formula is C32H34ClF7N4OS. The van der Waals surface area contributed by atoms with Gasteiger partial charge in [-0.2, -0.15) is 31.6 Å². The molecule has 3 aromatic rings. The van der Waals surface area contributed by atoms with Gasteiger partial charge in [0.05, 0.1) is 32.7 Å². The molecule has 1 saturated heterocycles. The number of nitrogens with zero attached hydrogens (tertiary/aromatic N) is 3. The van der Waals surface area contributed by atoms with E-state index >= 15 is 0 Å². The molecule has 2 heterocycles. The Bertz CT molecular complexity index is 1590. The predicted molar refractivity (Wildman–Crippen MR) is 166 cm³/mol. The molecular weight excluding hydrogens is 657 g/mol. The summed E-state index contributed by atoms with van der Waals surface area (Å²) < 4.78 is 96.0. The summed E-state index contributed by atoms with van der Waals surface area (Å²) in [6.45, 7) is 6.59. The van der Waals surface area contributed by atoms with Gasteiger partial charge in [0.2, 0.25) is 5.91 Å². The number of likely N-dealkylation sites (tertiary alicyclic amines) is 1. The Labute approximate surface area is 273 Å². The summed E-state index contributed by atoms with van der Waals surface area (Å²) in [5.41, 5.74) is 1.75. The molecule has 2 aromatic carbocycles. The van der Waals surface area contributed by atoms with Crippen molar-refractivity contribution >= 4 is 35.3 Å². The van der Waals surface area contributed by atoms with Gasteiger partial charge < -0.3 is 10.6 Å². The number of aryl methyl sites for hydroxylation is 1. The highest BCUT2D eigenvalue weighted by Crippen LogP contribution is 2.46. The van der Waals surface area contributed by atoms with Crippen molar-refractivity contribution in [1.82, 2.24) is 4.90 Å². The first kappa shape index (κ1) is 37.3. The van der Waals surface area contributed by atoms with E-state index in [2.05, 4.69) is 11.0 Å². The normalized spacial score (nSPS) is 14.9. The van der Waals surface area contributed by atoms with E-state index in [0.29, 0.717) is 52.0 Å². The molecule has 0 spiro atoms. The molecule has 14 heteroatoms. The maximum Gasteiger partial charge on any atom is 0.416 e. The lowest BCUT2D eigenvalue weighted by molar-refractivity contribution is -0.143. The SMILES string of the molecule is Cc1cc(F)ccc1-c1sc(CN2CCC(CN)CC2)c(C#N)c1N(C)C(=O)C(C)(C)c1cc(C(F)(F)F)cc(C(F)(F)F)c1.Cl. The zero-order chi connectivity index (χ0) is 33.5. The van der Waals surface area contributed by atoms with Crippen LogP contribution >= 0.6 is 23.7 Å². The number of thiophene rings is 1. The molecule has 1 aliphatic heterocycles. The molecule has 1 amide bonds. The molecule has 1 aromatic heterocycles. The van der Waals surface area contributed by atoms with Crippen LogP contribution < -0.4 is 10.6 Å². The van der Waals surface area contributed by atoms with Crippen LogP contribution in [0.25, 0.3) is 10.4 Å². The lowest BCUT2D eigenvalue weighted by atomic mass is 9.81. The molecule has 1 aliphatic rings. The lowest BCUT2D eigenvalue weighted by Gasteiger charge is -2.32. The topological polar surface area (TPSA) is 73.4 Å². The second kappa shape index (κ2) is 13.9. The van der Waals surface area contributed by atoms with Crippen molar-refractivity contribution in [1.29, 1.82) is 5.26 Å². The highest BCUT2D eigenvalue weighted by molar-refractivity contribution is 7.16. The minimum absolute atomic E-state index is 0. The summed E-state index contributed by atoms with van der Waals surface area (Å²) in [7, 11) is 1.34. The van der Waals surface area contributed by atoms with Crippen molar-refractivity contribution in [2.24, 2.45) is 11.7 Å². The van der Waals surface area contributed by atoms with Gasteiger partial charge in [0.25, 0.3) is 0 Å². The van der Waals surface area contributed by atoms with Crippen molar-refractivity contribution in [2.75, 3.05) is 31.6 Å². The molecule has 5 nitrogen and oxygen atoms in total. The van der Waals surface area contributed by atoms with Crippen molar-refractivity contribution in [2.45, 2.75) is 57.9 Å². The fourth-order valence-electron chi connectivity index (χ4n) is 5.62. The van der Waals surface area contributed by atoms with E-state index in [1.54, 1.807) is 6.92 Å². The standard InChI is InChI=1S/C32H33F7N4OS.ClH/c1-18-11-23(33)5-6-24(18)28-27(25(16-41)26(45-28)17-43-9-7-19(15-40)8-10-43)42(4)29(44)30(2,3)20-12-21(31(34,35)36)14-22(13-20)32(37,38)39;/h5-6,11-14,19H,7-10,15,17,40H2,1-4H3;1H. The third-order valence-electron chi connectivity index (χ3n) is 8.39. The van der Waals surface area contributed by atoms with Crippen LogP contribution in [0.15, 0.2) is 36.4 Å². The molecule has 0 unspecified atom stereocenters. The Balaban J connectivity index is 0.00000576. The van der Waals surface area contributed by atoms with E-state index in [-0.39, 0.29) is 29.7 Å². The van der Waals surface area contributed by atoms with Crippen molar-refractivity contribution < 1.29 is 35.5 Å². The first-order valence-corrected chi connectivity index (χ1v) is 15.0. The molecule has 46 heavy (non-hydrogen) atoms. The molecule has 0 saturated carbocycles. The Morgan fingerprint density at radius 3 is 2.04 bits per heavy atom. The Morgan fingerprint density at radius 2 is 1.57 bits per heavy atom. The quantitative estimate of drug-likeness (QED) is 0.253. The number of rotatable bonds is 7. The maximum absolute atomic E-state index is 14.1. The largest absolute Gasteiger partial charge is 0.416 e. The molecule has 2 N–H and O–H groups in total. The van der Waals surface area contributed by atoms with E-state index in [1.165, 1.54) is 50.4 Å². The summed E-state index contributed by atoms with van der Waals surface area (Å²) >= 11 is 1.25. The van der Waals surface area contributed by atoms with Crippen LogP contribution in [0.3, 0.4) is 0 Å². The van der Waals surface area contributed by atoms with Crippen molar-refractivity contribution in [3.05, 3.63) is 74.9 Å². The number of alkyl halides is 6. The number of nitriles is 1. The van der Waals surface area contributed by atoms with Crippen molar-refractivity contribution in [3.8, 4) is 16.5 Å². The number of hydrogen-bond donors (Lipinski definition) is 1. The predicted octanol–water partition coefficient (Wildman–Crippen LogP) is 8.31. The second-order valence-electron chi connectivity index (χ2n) is 11.9. The van der Waals surface area contributed by atoms with Gasteiger partial charge in [-0.15, -0.1) is 23.7 Å². The summed E-state index contributed by atoms with van der Waals surface area (Å²) in [6.07, 6.45) is -8.43. The van der Waals surface area contributed by atoms with Gasteiger partial charge in [-0.1, -0.05) is 6.07 Å². The number of halogens is 8. The zero-order valence-corrected chi connectivity index (χ0v) is 27.2. The minimum Gasteiger partial charge on any atom is -0.330 e. The van der Waals surface area contributed by atoms with Crippen LogP contribution in [0.4, 0.5) is 36.4 Å². The van der Waals surface area contributed by atoms with Crippen LogP contribution in [-0.4, -0.2) is 37.5 Å². The molecule has 0 bridgehead atoms. The Morgan fingerprint density at radius 1 is 1.02 bits per heavy atom. The maximum atomic E-state index is 14.1. The van der Waals surface area contributed by atoms with Gasteiger partial charge >= 0.3 is 12.4 Å². The lowest BCUT2D eigenvalue weighted by Crippen LogP contribution is -2.42. The summed E-state index contributed by atoms with van der Waals surface area (Å²) in [5, 5.41) is 10.4. The monoisotopic (exact) mass is 690 g/mol. The third kappa shape index (κ3) is 7.68. The number of amides is 1. The van der Waals surface area contributed by atoms with Gasteiger partial charge in [-0.25, -0.2) is 4.39 Å². The molecule has 0 aliphatic carbocycles. The smallest absolute Gasteiger partial charge is 0.330 e. The van der Waals surface area contributed by atoms with E-state index in [1.807, 2.05) is 0 Å². The zero-order valence-electron chi connectivity index (χ0n) is 25.6. The molecule has 0 radical (unpaired) electrons. The van der Waals surface area contributed by atoms with Gasteiger partial charge in [-0.05, 0) is 106 Å². The molecule has 4 rings (SSSR count). The first-order chi connectivity index (χ1) is 20.9. The summed E-state index contributed by atoms with van der Waals surface area (Å²) in [5.74, 6) is -0.929. The second-order valence-corrected chi connectivity index (χ2v) is 13.0. The van der Waals surface area contributed by atoms with Crippen LogP contribution in [0, 0.1) is 30.0 Å².